The first kappa shape index (κ1) is 21.9. The first-order chi connectivity index (χ1) is 16.9. The van der Waals surface area contributed by atoms with Gasteiger partial charge in [0.25, 0.3) is 0 Å². The molecule has 3 heterocycles. The molecule has 0 unspecified atom stereocenters. The van der Waals surface area contributed by atoms with Crippen LogP contribution in [0.4, 0.5) is 5.82 Å². The lowest BCUT2D eigenvalue weighted by Gasteiger charge is -2.31. The molecule has 1 aliphatic heterocycles. The summed E-state index contributed by atoms with van der Waals surface area (Å²) in [6.07, 6.45) is 12.5. The molecule has 0 atom stereocenters. The molecule has 34 heavy (non-hydrogen) atoms. The van der Waals surface area contributed by atoms with Crippen molar-refractivity contribution in [3.05, 3.63) is 41.7 Å². The number of anilines is 1. The summed E-state index contributed by atoms with van der Waals surface area (Å²) in [5.41, 5.74) is 4.44. The summed E-state index contributed by atoms with van der Waals surface area (Å²) in [7, 11) is 0. The van der Waals surface area contributed by atoms with Crippen molar-refractivity contribution in [3.8, 4) is 11.4 Å². The molecule has 6 nitrogen and oxygen atoms in total. The minimum absolute atomic E-state index is 0.445. The second-order valence-corrected chi connectivity index (χ2v) is 10.2. The Bertz CT molecular complexity index is 1120. The van der Waals surface area contributed by atoms with Crippen LogP contribution in [-0.4, -0.2) is 46.5 Å². The van der Waals surface area contributed by atoms with Gasteiger partial charge in [0.15, 0.2) is 11.6 Å². The molecule has 0 radical (unpaired) electrons. The SMILES string of the molecule is c1ccc(-c2nc(C3CCCCC3)c3c(N4CCOCC4)nnc(C4CCCCC4)c3n2)cc1. The van der Waals surface area contributed by atoms with E-state index in [1.54, 1.807) is 0 Å². The van der Waals surface area contributed by atoms with Crippen LogP contribution in [0.1, 0.15) is 87.4 Å². The van der Waals surface area contributed by atoms with Gasteiger partial charge >= 0.3 is 0 Å². The van der Waals surface area contributed by atoms with Crippen LogP contribution in [0, 0.1) is 0 Å². The maximum Gasteiger partial charge on any atom is 0.162 e. The Hall–Kier alpha value is -2.60. The predicted molar refractivity (Wildman–Crippen MR) is 135 cm³/mol. The standard InChI is InChI=1S/C28H35N5O/c1-4-10-20(11-5-1)24-23-26(30-27(29-24)22-14-8-3-9-15-22)25(21-12-6-2-7-13-21)31-32-28(23)33-16-18-34-19-17-33/h3,8-9,14-15,20-21H,1-2,4-7,10-13,16-19H2. The number of hydrogen-bond donors (Lipinski definition) is 0. The van der Waals surface area contributed by atoms with E-state index in [9.17, 15) is 0 Å². The number of rotatable bonds is 4. The third-order valence-electron chi connectivity index (χ3n) is 7.98. The van der Waals surface area contributed by atoms with Crippen LogP contribution < -0.4 is 4.90 Å². The Morgan fingerprint density at radius 2 is 1.35 bits per heavy atom. The second-order valence-electron chi connectivity index (χ2n) is 10.2. The van der Waals surface area contributed by atoms with E-state index < -0.39 is 0 Å². The molecular formula is C28H35N5O. The van der Waals surface area contributed by atoms with Crippen LogP contribution in [0.3, 0.4) is 0 Å². The zero-order valence-electron chi connectivity index (χ0n) is 20.1. The van der Waals surface area contributed by atoms with E-state index in [1.165, 1.54) is 75.3 Å². The molecule has 3 fully saturated rings. The van der Waals surface area contributed by atoms with Gasteiger partial charge in [-0.25, -0.2) is 9.97 Å². The lowest BCUT2D eigenvalue weighted by molar-refractivity contribution is 0.122. The first-order valence-electron chi connectivity index (χ1n) is 13.3. The Morgan fingerprint density at radius 1 is 0.706 bits per heavy atom. The van der Waals surface area contributed by atoms with E-state index in [0.717, 1.165) is 54.7 Å². The quantitative estimate of drug-likeness (QED) is 0.477. The molecule has 3 aromatic rings. The summed E-state index contributed by atoms with van der Waals surface area (Å²) in [4.78, 5) is 12.9. The van der Waals surface area contributed by atoms with Crippen LogP contribution in [0.2, 0.25) is 0 Å². The van der Waals surface area contributed by atoms with E-state index in [-0.39, 0.29) is 0 Å². The Balaban J connectivity index is 1.60. The molecule has 2 aromatic heterocycles. The molecule has 1 aromatic carbocycles. The van der Waals surface area contributed by atoms with Crippen molar-refractivity contribution < 1.29 is 4.74 Å². The predicted octanol–water partition coefficient (Wildman–Crippen LogP) is 6.02. The van der Waals surface area contributed by atoms with E-state index >= 15 is 0 Å². The van der Waals surface area contributed by atoms with Crippen molar-refractivity contribution in [3.63, 3.8) is 0 Å². The fraction of sp³-hybridized carbons (Fsp3) is 0.571. The minimum atomic E-state index is 0.445. The molecule has 178 valence electrons. The zero-order chi connectivity index (χ0) is 22.7. The van der Waals surface area contributed by atoms with Gasteiger partial charge in [0.05, 0.1) is 30.0 Å². The Kier molecular flexibility index (Phi) is 6.41. The molecule has 6 rings (SSSR count). The topological polar surface area (TPSA) is 64.0 Å². The average molecular weight is 458 g/mol. The molecule has 0 amide bonds. The van der Waals surface area contributed by atoms with E-state index in [4.69, 9.17) is 24.9 Å². The summed E-state index contributed by atoms with van der Waals surface area (Å²) >= 11 is 0. The van der Waals surface area contributed by atoms with Crippen LogP contribution >= 0.6 is 0 Å². The van der Waals surface area contributed by atoms with Gasteiger partial charge in [-0.3, -0.25) is 0 Å². The largest absolute Gasteiger partial charge is 0.378 e. The molecule has 3 aliphatic rings. The number of hydrogen-bond acceptors (Lipinski definition) is 6. The molecule has 0 bridgehead atoms. The summed E-state index contributed by atoms with van der Waals surface area (Å²) in [6, 6.07) is 10.5. The van der Waals surface area contributed by atoms with E-state index in [0.29, 0.717) is 11.8 Å². The van der Waals surface area contributed by atoms with Crippen molar-refractivity contribution in [2.75, 3.05) is 31.2 Å². The molecule has 2 saturated carbocycles. The fourth-order valence-corrected chi connectivity index (χ4v) is 6.12. The highest BCUT2D eigenvalue weighted by atomic mass is 16.5. The zero-order valence-corrected chi connectivity index (χ0v) is 20.1. The number of morpholine rings is 1. The lowest BCUT2D eigenvalue weighted by atomic mass is 9.83. The number of nitrogens with zero attached hydrogens (tertiary/aromatic N) is 5. The lowest BCUT2D eigenvalue weighted by Crippen LogP contribution is -2.37. The summed E-state index contributed by atoms with van der Waals surface area (Å²) in [5.74, 6) is 2.72. The van der Waals surface area contributed by atoms with Gasteiger partial charge in [-0.2, -0.15) is 5.10 Å². The summed E-state index contributed by atoms with van der Waals surface area (Å²) in [6.45, 7) is 3.15. The monoisotopic (exact) mass is 457 g/mol. The Morgan fingerprint density at radius 3 is 2.03 bits per heavy atom. The van der Waals surface area contributed by atoms with E-state index in [2.05, 4.69) is 35.2 Å². The normalized spacial score (nSPS) is 20.6. The molecular weight excluding hydrogens is 422 g/mol. The van der Waals surface area contributed by atoms with Crippen LogP contribution in [0.5, 0.6) is 0 Å². The molecule has 2 aliphatic carbocycles. The third-order valence-corrected chi connectivity index (χ3v) is 7.98. The highest BCUT2D eigenvalue weighted by Crippen LogP contribution is 2.42. The summed E-state index contributed by atoms with van der Waals surface area (Å²) < 4.78 is 5.65. The average Bonchev–Trinajstić information content (AvgIpc) is 2.94. The molecule has 6 heteroatoms. The van der Waals surface area contributed by atoms with Gasteiger partial charge in [0, 0.05) is 30.5 Å². The van der Waals surface area contributed by atoms with Crippen molar-refractivity contribution in [1.82, 2.24) is 20.2 Å². The van der Waals surface area contributed by atoms with Gasteiger partial charge in [0.2, 0.25) is 0 Å². The van der Waals surface area contributed by atoms with Crippen molar-refractivity contribution in [1.29, 1.82) is 0 Å². The smallest absolute Gasteiger partial charge is 0.162 e. The number of aromatic nitrogens is 4. The van der Waals surface area contributed by atoms with Gasteiger partial charge in [-0.15, -0.1) is 5.10 Å². The minimum Gasteiger partial charge on any atom is -0.378 e. The first-order valence-corrected chi connectivity index (χ1v) is 13.3. The van der Waals surface area contributed by atoms with Gasteiger partial charge in [-0.05, 0) is 25.7 Å². The highest BCUT2D eigenvalue weighted by Gasteiger charge is 2.30. The van der Waals surface area contributed by atoms with Gasteiger partial charge in [0.1, 0.15) is 5.52 Å². The number of ether oxygens (including phenoxy) is 1. The van der Waals surface area contributed by atoms with Gasteiger partial charge in [-0.1, -0.05) is 68.9 Å². The fourth-order valence-electron chi connectivity index (χ4n) is 6.12. The van der Waals surface area contributed by atoms with Crippen LogP contribution in [0.15, 0.2) is 30.3 Å². The molecule has 1 saturated heterocycles. The van der Waals surface area contributed by atoms with Crippen molar-refractivity contribution in [2.24, 2.45) is 0 Å². The number of benzene rings is 1. The maximum absolute atomic E-state index is 5.65. The maximum atomic E-state index is 5.65. The Labute approximate surface area is 202 Å². The van der Waals surface area contributed by atoms with Crippen molar-refractivity contribution >= 4 is 16.7 Å². The van der Waals surface area contributed by atoms with E-state index in [1.807, 2.05) is 0 Å². The second kappa shape index (κ2) is 9.95. The highest BCUT2D eigenvalue weighted by molar-refractivity contribution is 5.94. The van der Waals surface area contributed by atoms with Crippen molar-refractivity contribution in [2.45, 2.75) is 76.0 Å². The van der Waals surface area contributed by atoms with Crippen LogP contribution in [-0.2, 0) is 4.74 Å². The molecule has 0 N–H and O–H groups in total. The molecule has 0 spiro atoms. The summed E-state index contributed by atoms with van der Waals surface area (Å²) in [5, 5.41) is 11.0. The van der Waals surface area contributed by atoms with Gasteiger partial charge < -0.3 is 9.64 Å². The third kappa shape index (κ3) is 4.28. The van der Waals surface area contributed by atoms with Crippen LogP contribution in [0.25, 0.3) is 22.3 Å². The number of fused-ring (bicyclic) bond motifs is 1.